The van der Waals surface area contributed by atoms with Crippen molar-refractivity contribution in [3.63, 3.8) is 0 Å². The molecular formula is C30H24N2O4. The molecule has 2 amide bonds. The van der Waals surface area contributed by atoms with Gasteiger partial charge < -0.3 is 20.1 Å². The lowest BCUT2D eigenvalue weighted by atomic mass is 10.1. The fraction of sp³-hybridized carbons (Fsp3) is 0.0667. The minimum absolute atomic E-state index is 0.203. The Kier molecular flexibility index (Phi) is 6.76. The lowest BCUT2D eigenvalue weighted by Crippen LogP contribution is -2.22. The zero-order chi connectivity index (χ0) is 24.7. The highest BCUT2D eigenvalue weighted by Crippen LogP contribution is 2.27. The first kappa shape index (κ1) is 22.9. The number of carbonyl (C=O) groups is 2. The second-order valence-electron chi connectivity index (χ2n) is 8.17. The molecule has 0 saturated heterocycles. The summed E-state index contributed by atoms with van der Waals surface area (Å²) in [6.07, 6.45) is 0. The van der Waals surface area contributed by atoms with Gasteiger partial charge in [0.05, 0.1) is 0 Å². The maximum atomic E-state index is 12.6. The molecule has 0 heterocycles. The first-order valence-electron chi connectivity index (χ1n) is 11.6. The van der Waals surface area contributed by atoms with Crippen LogP contribution in [0.3, 0.4) is 0 Å². The normalized spacial score (nSPS) is 10.7. The van der Waals surface area contributed by atoms with Crippen molar-refractivity contribution < 1.29 is 19.1 Å². The molecule has 0 aliphatic rings. The van der Waals surface area contributed by atoms with Gasteiger partial charge in [0.15, 0.2) is 24.7 Å². The molecule has 2 N–H and O–H groups in total. The molecular weight excluding hydrogens is 452 g/mol. The van der Waals surface area contributed by atoms with Gasteiger partial charge in [-0.2, -0.15) is 0 Å². The van der Waals surface area contributed by atoms with Gasteiger partial charge in [0, 0.05) is 22.1 Å². The van der Waals surface area contributed by atoms with Crippen LogP contribution in [0.25, 0.3) is 21.5 Å². The molecule has 0 aliphatic heterocycles. The van der Waals surface area contributed by atoms with E-state index in [9.17, 15) is 9.59 Å². The molecule has 0 aromatic heterocycles. The molecule has 5 aromatic rings. The molecule has 5 aromatic carbocycles. The van der Waals surface area contributed by atoms with Crippen LogP contribution < -0.4 is 20.1 Å². The van der Waals surface area contributed by atoms with E-state index >= 15 is 0 Å². The van der Waals surface area contributed by atoms with E-state index in [4.69, 9.17) is 9.47 Å². The van der Waals surface area contributed by atoms with E-state index < -0.39 is 0 Å². The van der Waals surface area contributed by atoms with Gasteiger partial charge in [-0.1, -0.05) is 84.9 Å². The number of nitrogens with one attached hydrogen (secondary N) is 2. The molecule has 6 nitrogen and oxygen atoms in total. The van der Waals surface area contributed by atoms with Crippen molar-refractivity contribution in [1.29, 1.82) is 0 Å². The highest BCUT2D eigenvalue weighted by molar-refractivity contribution is 6.03. The van der Waals surface area contributed by atoms with Crippen molar-refractivity contribution in [2.24, 2.45) is 0 Å². The van der Waals surface area contributed by atoms with E-state index in [2.05, 4.69) is 10.6 Å². The van der Waals surface area contributed by atoms with Crippen LogP contribution >= 0.6 is 0 Å². The molecule has 0 aliphatic carbocycles. The summed E-state index contributed by atoms with van der Waals surface area (Å²) in [6, 6.07) is 34.1. The predicted octanol–water partition coefficient (Wildman–Crippen LogP) is 6.03. The Balaban J connectivity index is 1.19. The molecule has 0 radical (unpaired) electrons. The second kappa shape index (κ2) is 10.6. The van der Waals surface area contributed by atoms with Crippen molar-refractivity contribution in [3.05, 3.63) is 109 Å². The smallest absolute Gasteiger partial charge is 0.262 e. The Labute approximate surface area is 208 Å². The summed E-state index contributed by atoms with van der Waals surface area (Å²) < 4.78 is 11.4. The van der Waals surface area contributed by atoms with Crippen LogP contribution in [0.15, 0.2) is 109 Å². The number of amides is 2. The Morgan fingerprint density at radius 1 is 0.500 bits per heavy atom. The number of ether oxygens (including phenoxy) is 2. The van der Waals surface area contributed by atoms with E-state index in [1.165, 1.54) is 0 Å². The topological polar surface area (TPSA) is 76.7 Å². The largest absolute Gasteiger partial charge is 0.480 e. The number of rotatable bonds is 8. The van der Waals surface area contributed by atoms with Crippen LogP contribution in [0.5, 0.6) is 11.5 Å². The van der Waals surface area contributed by atoms with E-state index in [-0.39, 0.29) is 25.0 Å². The van der Waals surface area contributed by atoms with Gasteiger partial charge in [-0.05, 0) is 35.0 Å². The van der Waals surface area contributed by atoms with Crippen LogP contribution in [0.4, 0.5) is 11.4 Å². The summed E-state index contributed by atoms with van der Waals surface area (Å²) in [5.41, 5.74) is 1.44. The number of hydrogen-bond donors (Lipinski definition) is 2. The average molecular weight is 477 g/mol. The second-order valence-corrected chi connectivity index (χ2v) is 8.17. The van der Waals surface area contributed by atoms with Crippen molar-refractivity contribution in [1.82, 2.24) is 0 Å². The van der Waals surface area contributed by atoms with Crippen LogP contribution in [-0.2, 0) is 9.59 Å². The third-order valence-corrected chi connectivity index (χ3v) is 5.69. The summed E-state index contributed by atoms with van der Waals surface area (Å²) in [5, 5.41) is 9.78. The number of anilines is 2. The van der Waals surface area contributed by atoms with E-state index in [1.54, 1.807) is 24.3 Å². The monoisotopic (exact) mass is 476 g/mol. The molecule has 6 heteroatoms. The summed E-state index contributed by atoms with van der Waals surface area (Å²) in [5.74, 6) is 0.164. The zero-order valence-electron chi connectivity index (χ0n) is 19.4. The zero-order valence-corrected chi connectivity index (χ0v) is 19.4. The lowest BCUT2D eigenvalue weighted by molar-refractivity contribution is -0.119. The van der Waals surface area contributed by atoms with E-state index in [0.29, 0.717) is 11.5 Å². The van der Waals surface area contributed by atoms with Crippen LogP contribution in [0.2, 0.25) is 0 Å². The summed E-state index contributed by atoms with van der Waals surface area (Å²) >= 11 is 0. The number of carbonyl (C=O) groups excluding carboxylic acids is 2. The molecule has 178 valence electrons. The van der Waals surface area contributed by atoms with Gasteiger partial charge in [0.25, 0.3) is 11.8 Å². The third-order valence-electron chi connectivity index (χ3n) is 5.69. The van der Waals surface area contributed by atoms with Crippen molar-refractivity contribution in [3.8, 4) is 11.5 Å². The number of fused-ring (bicyclic) bond motifs is 2. The molecule has 0 unspecified atom stereocenters. The van der Waals surface area contributed by atoms with E-state index in [1.807, 2.05) is 84.9 Å². The predicted molar refractivity (Wildman–Crippen MR) is 143 cm³/mol. The molecule has 36 heavy (non-hydrogen) atoms. The molecule has 0 bridgehead atoms. The lowest BCUT2D eigenvalue weighted by Gasteiger charge is -2.14. The van der Waals surface area contributed by atoms with E-state index in [0.717, 1.165) is 32.9 Å². The Hall–Kier alpha value is -4.84. The van der Waals surface area contributed by atoms with Crippen molar-refractivity contribution in [2.45, 2.75) is 0 Å². The summed E-state index contributed by atoms with van der Waals surface area (Å²) in [7, 11) is 0. The quantitative estimate of drug-likeness (QED) is 0.287. The van der Waals surface area contributed by atoms with Gasteiger partial charge in [0.1, 0.15) is 0 Å². The summed E-state index contributed by atoms with van der Waals surface area (Å²) in [6.45, 7) is -0.405. The minimum Gasteiger partial charge on any atom is -0.480 e. The molecule has 0 atom stereocenters. The maximum absolute atomic E-state index is 12.6. The molecule has 0 fully saturated rings. The molecule has 0 spiro atoms. The number of hydrogen-bond acceptors (Lipinski definition) is 4. The highest BCUT2D eigenvalue weighted by Gasteiger charge is 2.12. The fourth-order valence-electron chi connectivity index (χ4n) is 4.02. The number of benzene rings is 5. The van der Waals surface area contributed by atoms with Gasteiger partial charge in [-0.15, -0.1) is 0 Å². The first-order chi connectivity index (χ1) is 17.7. The fourth-order valence-corrected chi connectivity index (χ4v) is 4.02. The van der Waals surface area contributed by atoms with Crippen LogP contribution in [0, 0.1) is 0 Å². The maximum Gasteiger partial charge on any atom is 0.262 e. The van der Waals surface area contributed by atoms with Crippen molar-refractivity contribution in [2.75, 3.05) is 23.8 Å². The van der Waals surface area contributed by atoms with Crippen LogP contribution in [-0.4, -0.2) is 25.0 Å². The first-order valence-corrected chi connectivity index (χ1v) is 11.6. The number of para-hydroxylation sites is 2. The SMILES string of the molecule is O=C(COc1ccccc1OCC(=O)Nc1cccc2ccccc12)Nc1cccc2ccccc12. The highest BCUT2D eigenvalue weighted by atomic mass is 16.5. The standard InChI is InChI=1S/C30H24N2O4/c33-29(31-25-15-7-11-21-9-1-3-13-23(21)25)19-35-27-17-5-6-18-28(27)36-20-30(34)32-26-16-8-12-22-10-2-4-14-24(22)26/h1-18H,19-20H2,(H,31,33)(H,32,34). The minimum atomic E-state index is -0.296. The van der Waals surface area contributed by atoms with Gasteiger partial charge in [-0.3, -0.25) is 9.59 Å². The Bertz CT molecular complexity index is 1420. The van der Waals surface area contributed by atoms with Gasteiger partial charge in [0.2, 0.25) is 0 Å². The average Bonchev–Trinajstić information content (AvgIpc) is 2.92. The molecule has 0 saturated carbocycles. The third kappa shape index (κ3) is 5.28. The van der Waals surface area contributed by atoms with Gasteiger partial charge >= 0.3 is 0 Å². The Morgan fingerprint density at radius 2 is 0.889 bits per heavy atom. The Morgan fingerprint density at radius 3 is 1.36 bits per heavy atom. The molecule has 5 rings (SSSR count). The van der Waals surface area contributed by atoms with Crippen molar-refractivity contribution >= 4 is 44.7 Å². The summed E-state index contributed by atoms with van der Waals surface area (Å²) in [4.78, 5) is 25.2. The van der Waals surface area contributed by atoms with Crippen LogP contribution in [0.1, 0.15) is 0 Å². The van der Waals surface area contributed by atoms with Gasteiger partial charge in [-0.25, -0.2) is 0 Å².